The van der Waals surface area contributed by atoms with Gasteiger partial charge in [-0.05, 0) is 12.1 Å². The van der Waals surface area contributed by atoms with E-state index in [2.05, 4.69) is 20.3 Å². The maximum absolute atomic E-state index is 12.8. The molecule has 43 heavy (non-hydrogen) atoms. The van der Waals surface area contributed by atoms with Gasteiger partial charge in [-0.25, -0.2) is 14.6 Å². The van der Waals surface area contributed by atoms with E-state index in [0.29, 0.717) is 58.6 Å². The summed E-state index contributed by atoms with van der Waals surface area (Å²) >= 11 is 13.7. The summed E-state index contributed by atoms with van der Waals surface area (Å²) in [5.74, 6) is -0.125. The Morgan fingerprint density at radius 3 is 2.33 bits per heavy atom. The van der Waals surface area contributed by atoms with Crippen LogP contribution in [0.5, 0.6) is 5.88 Å². The van der Waals surface area contributed by atoms with Crippen molar-refractivity contribution in [1.29, 1.82) is 0 Å². The molecule has 0 bridgehead atoms. The van der Waals surface area contributed by atoms with Crippen molar-refractivity contribution in [3.8, 4) is 28.3 Å². The van der Waals surface area contributed by atoms with Gasteiger partial charge >= 0.3 is 0 Å². The van der Waals surface area contributed by atoms with E-state index in [1.54, 1.807) is 32.2 Å². The molecule has 2 aromatic heterocycles. The van der Waals surface area contributed by atoms with Gasteiger partial charge in [0.25, 0.3) is 11.5 Å². The lowest BCUT2D eigenvalue weighted by Gasteiger charge is -2.34. The van der Waals surface area contributed by atoms with Crippen LogP contribution in [0.25, 0.3) is 22.4 Å². The zero-order valence-electron chi connectivity index (χ0n) is 23.8. The standard InChI is InChI=1S/C30H29Cl2N7O4/c1-18(40)39-14-12-38(13-15-39)16-19-10-11-23(36-29(19)43-3)22-8-4-6-20(25(22)31)21-7-5-9-24(26(21)32)35-28(41)27-30(42)37(2)34-17-33-27/h4-11,17H,12-16H2,1-3H3,(H,35,41). The average molecular weight is 623 g/mol. The summed E-state index contributed by atoms with van der Waals surface area (Å²) < 4.78 is 6.67. The second-order valence-electron chi connectivity index (χ2n) is 9.97. The summed E-state index contributed by atoms with van der Waals surface area (Å²) in [6.45, 7) is 5.17. The van der Waals surface area contributed by atoms with Crippen LogP contribution in [0.4, 0.5) is 5.69 Å². The van der Waals surface area contributed by atoms with Gasteiger partial charge in [0.2, 0.25) is 11.8 Å². The molecular weight excluding hydrogens is 593 g/mol. The molecule has 1 aliphatic rings. The van der Waals surface area contributed by atoms with Gasteiger partial charge < -0.3 is 15.0 Å². The number of nitrogens with one attached hydrogen (secondary N) is 1. The molecule has 5 rings (SSSR count). The number of aromatic nitrogens is 4. The Labute approximate surface area is 258 Å². The molecule has 1 aliphatic heterocycles. The van der Waals surface area contributed by atoms with Gasteiger partial charge in [-0.15, -0.1) is 0 Å². The molecule has 0 spiro atoms. The molecule has 3 heterocycles. The molecular formula is C30H29Cl2N7O4. The van der Waals surface area contributed by atoms with Gasteiger partial charge in [0.05, 0.1) is 28.5 Å². The van der Waals surface area contributed by atoms with Crippen LogP contribution in [0.1, 0.15) is 23.0 Å². The number of amides is 2. The first-order chi connectivity index (χ1) is 20.7. The SMILES string of the molecule is COc1nc(-c2cccc(-c3cccc(NC(=O)c4ncnn(C)c4=O)c3Cl)c2Cl)ccc1CN1CCN(C(C)=O)CC1. The Balaban J connectivity index is 1.40. The highest BCUT2D eigenvalue weighted by molar-refractivity contribution is 6.39. The van der Waals surface area contributed by atoms with Crippen LogP contribution in [-0.4, -0.2) is 74.7 Å². The number of pyridine rings is 1. The fraction of sp³-hybridized carbons (Fsp3) is 0.267. The van der Waals surface area contributed by atoms with E-state index < -0.39 is 11.5 Å². The van der Waals surface area contributed by atoms with Crippen molar-refractivity contribution in [3.05, 3.63) is 86.5 Å². The highest BCUT2D eigenvalue weighted by atomic mass is 35.5. The van der Waals surface area contributed by atoms with Gasteiger partial charge in [0, 0.05) is 68.9 Å². The Morgan fingerprint density at radius 1 is 0.953 bits per heavy atom. The quantitative estimate of drug-likeness (QED) is 0.327. The number of carbonyl (C=O) groups excluding carboxylic acids is 2. The smallest absolute Gasteiger partial charge is 0.298 e. The van der Waals surface area contributed by atoms with Crippen molar-refractivity contribution in [2.75, 3.05) is 38.6 Å². The minimum Gasteiger partial charge on any atom is -0.481 e. The Hall–Kier alpha value is -4.32. The third kappa shape index (κ3) is 6.38. The van der Waals surface area contributed by atoms with E-state index in [1.165, 1.54) is 7.05 Å². The molecule has 1 fully saturated rings. The maximum Gasteiger partial charge on any atom is 0.298 e. The second-order valence-corrected chi connectivity index (χ2v) is 10.7. The van der Waals surface area contributed by atoms with Crippen LogP contribution in [0.2, 0.25) is 10.0 Å². The summed E-state index contributed by atoms with van der Waals surface area (Å²) in [5, 5.41) is 7.06. The zero-order valence-corrected chi connectivity index (χ0v) is 25.3. The van der Waals surface area contributed by atoms with Crippen molar-refractivity contribution in [2.45, 2.75) is 13.5 Å². The first kappa shape index (κ1) is 30.1. The van der Waals surface area contributed by atoms with Crippen LogP contribution in [-0.2, 0) is 18.4 Å². The van der Waals surface area contributed by atoms with Gasteiger partial charge in [-0.3, -0.25) is 19.3 Å². The first-order valence-corrected chi connectivity index (χ1v) is 14.2. The number of aryl methyl sites for hydroxylation is 1. The topological polar surface area (TPSA) is 123 Å². The van der Waals surface area contributed by atoms with Crippen molar-refractivity contribution in [3.63, 3.8) is 0 Å². The molecule has 0 unspecified atom stereocenters. The van der Waals surface area contributed by atoms with Crippen molar-refractivity contribution in [1.82, 2.24) is 29.5 Å². The number of carbonyl (C=O) groups is 2. The number of piperazine rings is 1. The molecule has 222 valence electrons. The van der Waals surface area contributed by atoms with E-state index in [4.69, 9.17) is 32.9 Å². The number of nitrogens with zero attached hydrogens (tertiary/aromatic N) is 6. The van der Waals surface area contributed by atoms with Crippen LogP contribution >= 0.6 is 23.2 Å². The predicted molar refractivity (Wildman–Crippen MR) is 164 cm³/mol. The predicted octanol–water partition coefficient (Wildman–Crippen LogP) is 4.14. The number of hydrogen-bond donors (Lipinski definition) is 1. The molecule has 13 heteroatoms. The summed E-state index contributed by atoms with van der Waals surface area (Å²) in [4.78, 5) is 49.4. The molecule has 2 aromatic carbocycles. The lowest BCUT2D eigenvalue weighted by Crippen LogP contribution is -2.47. The van der Waals surface area contributed by atoms with Gasteiger partial charge in [0.15, 0.2) is 5.69 Å². The minimum atomic E-state index is -0.709. The molecule has 0 radical (unpaired) electrons. The number of benzene rings is 2. The Bertz CT molecular complexity index is 1750. The minimum absolute atomic E-state index is 0.0921. The number of halogens is 2. The van der Waals surface area contributed by atoms with Crippen molar-refractivity contribution < 1.29 is 14.3 Å². The van der Waals surface area contributed by atoms with E-state index >= 15 is 0 Å². The van der Waals surface area contributed by atoms with Crippen molar-refractivity contribution in [2.24, 2.45) is 7.05 Å². The van der Waals surface area contributed by atoms with Crippen LogP contribution in [0.3, 0.4) is 0 Å². The normalized spacial score (nSPS) is 13.6. The lowest BCUT2D eigenvalue weighted by atomic mass is 10.00. The van der Waals surface area contributed by atoms with Crippen LogP contribution < -0.4 is 15.6 Å². The molecule has 11 nitrogen and oxygen atoms in total. The lowest BCUT2D eigenvalue weighted by molar-refractivity contribution is -0.130. The Kier molecular flexibility index (Phi) is 9.05. The zero-order chi connectivity index (χ0) is 30.7. The molecule has 2 amide bonds. The number of methoxy groups -OCH3 is 1. The molecule has 1 N–H and O–H groups in total. The number of ether oxygens (including phenoxy) is 1. The van der Waals surface area contributed by atoms with Crippen LogP contribution in [0.15, 0.2) is 59.7 Å². The summed E-state index contributed by atoms with van der Waals surface area (Å²) in [7, 11) is 3.01. The monoisotopic (exact) mass is 621 g/mol. The summed E-state index contributed by atoms with van der Waals surface area (Å²) in [6, 6.07) is 14.5. The summed E-state index contributed by atoms with van der Waals surface area (Å²) in [6.07, 6.45) is 1.13. The third-order valence-electron chi connectivity index (χ3n) is 7.28. The first-order valence-electron chi connectivity index (χ1n) is 13.5. The van der Waals surface area contributed by atoms with E-state index in [-0.39, 0.29) is 16.6 Å². The van der Waals surface area contributed by atoms with Gasteiger partial charge in [0.1, 0.15) is 6.33 Å². The van der Waals surface area contributed by atoms with Crippen molar-refractivity contribution >= 4 is 40.7 Å². The maximum atomic E-state index is 12.8. The largest absolute Gasteiger partial charge is 0.481 e. The molecule has 1 saturated heterocycles. The molecule has 0 saturated carbocycles. The number of anilines is 1. The third-order valence-corrected chi connectivity index (χ3v) is 8.09. The summed E-state index contributed by atoms with van der Waals surface area (Å²) in [5.41, 5.74) is 2.79. The Morgan fingerprint density at radius 2 is 1.63 bits per heavy atom. The fourth-order valence-electron chi connectivity index (χ4n) is 4.91. The number of rotatable bonds is 7. The second kappa shape index (κ2) is 12.9. The highest BCUT2D eigenvalue weighted by Gasteiger charge is 2.22. The van der Waals surface area contributed by atoms with E-state index in [0.717, 1.165) is 29.7 Å². The van der Waals surface area contributed by atoms with E-state index in [1.807, 2.05) is 35.2 Å². The molecule has 0 atom stereocenters. The fourth-order valence-corrected chi connectivity index (χ4v) is 5.51. The van der Waals surface area contributed by atoms with Crippen LogP contribution in [0, 0.1) is 0 Å². The van der Waals surface area contributed by atoms with Gasteiger partial charge in [-0.2, -0.15) is 5.10 Å². The number of hydrogen-bond acceptors (Lipinski definition) is 8. The van der Waals surface area contributed by atoms with Gasteiger partial charge in [-0.1, -0.05) is 59.6 Å². The van der Waals surface area contributed by atoms with E-state index in [9.17, 15) is 14.4 Å². The highest BCUT2D eigenvalue weighted by Crippen LogP contribution is 2.41. The average Bonchev–Trinajstić information content (AvgIpc) is 3.00. The molecule has 0 aliphatic carbocycles. The molecule has 4 aromatic rings.